The topological polar surface area (TPSA) is 44.0 Å². The molecule has 5 heteroatoms. The quantitative estimate of drug-likeness (QED) is 0.523. The number of hydrogen-bond acceptors (Lipinski definition) is 2. The number of fused-ring (bicyclic) bond motifs is 1. The molecule has 4 aromatic rings. The molecule has 1 heterocycles. The van der Waals surface area contributed by atoms with Gasteiger partial charge in [0.15, 0.2) is 0 Å². The molecule has 1 aromatic heterocycles. The van der Waals surface area contributed by atoms with E-state index >= 15 is 0 Å². The van der Waals surface area contributed by atoms with E-state index in [2.05, 4.69) is 6.07 Å². The van der Waals surface area contributed by atoms with Gasteiger partial charge in [-0.05, 0) is 42.3 Å². The Morgan fingerprint density at radius 3 is 2.25 bits per heavy atom. The molecule has 0 aliphatic rings. The Bertz CT molecular complexity index is 1270. The molecule has 3 aromatic carbocycles. The molecule has 4 rings (SSSR count). The maximum absolute atomic E-state index is 13.3. The van der Waals surface area contributed by atoms with E-state index < -0.39 is 0 Å². The Morgan fingerprint density at radius 2 is 1.50 bits per heavy atom. The number of aromatic nitrogens is 2. The third-order valence-corrected chi connectivity index (χ3v) is 5.06. The number of para-hydroxylation sites is 1. The average Bonchev–Trinajstić information content (AvgIpc) is 2.70. The van der Waals surface area contributed by atoms with Crippen LogP contribution in [0.1, 0.15) is 16.7 Å². The summed E-state index contributed by atoms with van der Waals surface area (Å²) in [5.74, 6) is 0. The van der Waals surface area contributed by atoms with Gasteiger partial charge in [-0.15, -0.1) is 0 Å². The van der Waals surface area contributed by atoms with Crippen LogP contribution in [0.25, 0.3) is 10.9 Å². The molecule has 0 amide bonds. The van der Waals surface area contributed by atoms with Crippen LogP contribution in [0, 0.1) is 6.92 Å². The second-order valence-corrected chi connectivity index (χ2v) is 7.33. The molecule has 140 valence electrons. The lowest BCUT2D eigenvalue weighted by Gasteiger charge is -2.14. The van der Waals surface area contributed by atoms with Crippen LogP contribution in [0.5, 0.6) is 0 Å². The molecule has 0 fully saturated rings. The first-order valence-corrected chi connectivity index (χ1v) is 9.43. The zero-order valence-corrected chi connectivity index (χ0v) is 16.2. The maximum atomic E-state index is 13.3. The Balaban J connectivity index is 1.89. The Labute approximate surface area is 167 Å². The van der Waals surface area contributed by atoms with Crippen LogP contribution >= 0.6 is 11.6 Å². The van der Waals surface area contributed by atoms with Gasteiger partial charge in [0.25, 0.3) is 5.56 Å². The summed E-state index contributed by atoms with van der Waals surface area (Å²) in [6, 6.07) is 22.5. The van der Waals surface area contributed by atoms with Crippen molar-refractivity contribution in [1.82, 2.24) is 9.13 Å². The monoisotopic (exact) mass is 390 g/mol. The largest absolute Gasteiger partial charge is 0.332 e. The number of rotatable bonds is 4. The van der Waals surface area contributed by atoms with Gasteiger partial charge in [-0.1, -0.05) is 65.7 Å². The van der Waals surface area contributed by atoms with E-state index in [0.29, 0.717) is 22.5 Å². The van der Waals surface area contributed by atoms with Crippen LogP contribution in [0.3, 0.4) is 0 Å². The predicted octanol–water partition coefficient (Wildman–Crippen LogP) is 4.22. The number of aryl methyl sites for hydroxylation is 1. The van der Waals surface area contributed by atoms with Crippen molar-refractivity contribution in [1.29, 1.82) is 0 Å². The summed E-state index contributed by atoms with van der Waals surface area (Å²) < 4.78 is 2.96. The molecule has 0 aliphatic heterocycles. The smallest absolute Gasteiger partial charge is 0.289 e. The molecule has 0 aliphatic carbocycles. The van der Waals surface area contributed by atoms with Crippen LogP contribution in [0.4, 0.5) is 0 Å². The molecule has 0 atom stereocenters. The molecular weight excluding hydrogens is 372 g/mol. The number of hydrogen-bond donors (Lipinski definition) is 0. The Hall–Kier alpha value is -3.11. The first-order chi connectivity index (χ1) is 13.5. The number of halogens is 1. The van der Waals surface area contributed by atoms with Crippen LogP contribution < -0.4 is 11.2 Å². The molecule has 0 saturated heterocycles. The average molecular weight is 391 g/mol. The van der Waals surface area contributed by atoms with Crippen molar-refractivity contribution in [2.75, 3.05) is 0 Å². The van der Waals surface area contributed by atoms with Gasteiger partial charge in [-0.25, -0.2) is 4.79 Å². The first kappa shape index (κ1) is 18.3. The van der Waals surface area contributed by atoms with Gasteiger partial charge in [0.2, 0.25) is 0 Å². The molecular formula is C23H19ClN2O2. The Kier molecular flexibility index (Phi) is 4.88. The van der Waals surface area contributed by atoms with Crippen LogP contribution in [0.15, 0.2) is 82.4 Å². The van der Waals surface area contributed by atoms with E-state index in [0.717, 1.165) is 16.7 Å². The normalized spacial score (nSPS) is 11.1. The molecule has 0 radical (unpaired) electrons. The van der Waals surface area contributed by atoms with Crippen molar-refractivity contribution >= 4 is 22.5 Å². The summed E-state index contributed by atoms with van der Waals surface area (Å²) in [5, 5.41) is 1.15. The molecule has 0 spiro atoms. The minimum Gasteiger partial charge on any atom is -0.289 e. The van der Waals surface area contributed by atoms with E-state index in [1.807, 2.05) is 55.5 Å². The Morgan fingerprint density at radius 1 is 0.786 bits per heavy atom. The molecule has 28 heavy (non-hydrogen) atoms. The zero-order chi connectivity index (χ0) is 19.7. The van der Waals surface area contributed by atoms with Crippen molar-refractivity contribution in [3.8, 4) is 0 Å². The fourth-order valence-electron chi connectivity index (χ4n) is 3.43. The molecule has 4 nitrogen and oxygen atoms in total. The van der Waals surface area contributed by atoms with Gasteiger partial charge < -0.3 is 0 Å². The molecule has 0 bridgehead atoms. The maximum Gasteiger partial charge on any atom is 0.332 e. The fraction of sp³-hybridized carbons (Fsp3) is 0.130. The van der Waals surface area contributed by atoms with Crippen molar-refractivity contribution in [2.45, 2.75) is 20.0 Å². The van der Waals surface area contributed by atoms with E-state index in [1.54, 1.807) is 22.8 Å². The third-order valence-electron chi connectivity index (χ3n) is 4.81. The molecule has 0 unspecified atom stereocenters. The summed E-state index contributed by atoms with van der Waals surface area (Å²) in [6.45, 7) is 2.63. The summed E-state index contributed by atoms with van der Waals surface area (Å²) in [4.78, 5) is 26.3. The lowest BCUT2D eigenvalue weighted by molar-refractivity contribution is 0.635. The van der Waals surface area contributed by atoms with E-state index in [1.165, 1.54) is 4.57 Å². The summed E-state index contributed by atoms with van der Waals surface area (Å²) in [6.07, 6.45) is 0. The molecule has 0 N–H and O–H groups in total. The minimum absolute atomic E-state index is 0.202. The van der Waals surface area contributed by atoms with Crippen molar-refractivity contribution < 1.29 is 0 Å². The van der Waals surface area contributed by atoms with Crippen LogP contribution in [-0.2, 0) is 13.1 Å². The van der Waals surface area contributed by atoms with Gasteiger partial charge in [-0.3, -0.25) is 13.9 Å². The van der Waals surface area contributed by atoms with Gasteiger partial charge in [-0.2, -0.15) is 0 Å². The third kappa shape index (κ3) is 3.51. The zero-order valence-electron chi connectivity index (χ0n) is 15.4. The number of nitrogens with zero attached hydrogens (tertiary/aromatic N) is 2. The highest BCUT2D eigenvalue weighted by Crippen LogP contribution is 2.13. The summed E-state index contributed by atoms with van der Waals surface area (Å²) in [7, 11) is 0. The second-order valence-electron chi connectivity index (χ2n) is 6.89. The number of benzene rings is 3. The highest BCUT2D eigenvalue weighted by atomic mass is 35.5. The van der Waals surface area contributed by atoms with Gasteiger partial charge in [0.1, 0.15) is 0 Å². The van der Waals surface area contributed by atoms with E-state index in [9.17, 15) is 9.59 Å². The summed E-state index contributed by atoms with van der Waals surface area (Å²) >= 11 is 5.95. The summed E-state index contributed by atoms with van der Waals surface area (Å²) in [5.41, 5.74) is 3.04. The van der Waals surface area contributed by atoms with Gasteiger partial charge in [0.05, 0.1) is 24.0 Å². The van der Waals surface area contributed by atoms with Crippen molar-refractivity contribution in [3.05, 3.63) is 115 Å². The highest BCUT2D eigenvalue weighted by Gasteiger charge is 2.13. The van der Waals surface area contributed by atoms with E-state index in [-0.39, 0.29) is 17.8 Å². The first-order valence-electron chi connectivity index (χ1n) is 9.05. The van der Waals surface area contributed by atoms with Crippen LogP contribution in [0.2, 0.25) is 5.02 Å². The van der Waals surface area contributed by atoms with Crippen molar-refractivity contribution in [3.63, 3.8) is 0 Å². The van der Waals surface area contributed by atoms with Crippen LogP contribution in [-0.4, -0.2) is 9.13 Å². The highest BCUT2D eigenvalue weighted by molar-refractivity contribution is 6.30. The minimum atomic E-state index is -0.319. The second kappa shape index (κ2) is 7.49. The van der Waals surface area contributed by atoms with E-state index in [4.69, 9.17) is 11.6 Å². The predicted molar refractivity (Wildman–Crippen MR) is 113 cm³/mol. The lowest BCUT2D eigenvalue weighted by Crippen LogP contribution is -2.40. The van der Waals surface area contributed by atoms with Gasteiger partial charge in [0, 0.05) is 5.02 Å². The lowest BCUT2D eigenvalue weighted by atomic mass is 10.1. The van der Waals surface area contributed by atoms with Gasteiger partial charge >= 0.3 is 5.69 Å². The SMILES string of the molecule is Cc1cccc(Cn2c(=O)n(Cc3ccc(Cl)cc3)c(=O)c3ccccc32)c1. The molecule has 0 saturated carbocycles. The fourth-order valence-corrected chi connectivity index (χ4v) is 3.55. The van der Waals surface area contributed by atoms with Crippen molar-refractivity contribution in [2.24, 2.45) is 0 Å². The standard InChI is InChI=1S/C23H19ClN2O2/c1-16-5-4-6-18(13-16)15-25-21-8-3-2-7-20(21)22(27)26(23(25)28)14-17-9-11-19(24)12-10-17/h2-13H,14-15H2,1H3.